The highest BCUT2D eigenvalue weighted by molar-refractivity contribution is 5.97. The van der Waals surface area contributed by atoms with Crippen LogP contribution in [0.4, 0.5) is 5.69 Å². The van der Waals surface area contributed by atoms with Gasteiger partial charge in [-0.2, -0.15) is 5.06 Å². The van der Waals surface area contributed by atoms with Gasteiger partial charge in [0.2, 0.25) is 5.91 Å². The van der Waals surface area contributed by atoms with Gasteiger partial charge < -0.3 is 35.4 Å². The summed E-state index contributed by atoms with van der Waals surface area (Å²) >= 11 is 0. The Hall–Kier alpha value is -4.69. The molecule has 14 heteroatoms. The molecular formula is C46H64N8O6. The van der Waals surface area contributed by atoms with Crippen molar-refractivity contribution in [1.29, 1.82) is 0 Å². The molecule has 0 unspecified atom stereocenters. The molecule has 3 aliphatic carbocycles. The number of anilines is 1. The SMILES string of the molecule is COc1c(CN2O[C@@H](CN=[N+]=[N-])[C@@H]([C@H](C)O)[C@H]2C(=O)N[C@H]2C[C@@H]3C[C@H]([C@@H]2C)C3(C)C)cccc1-c1cc(C(=O)N[C@@H](Cc2ccccc2)CN(C)C)cc(N(C)CCO)c1. The highest BCUT2D eigenvalue weighted by Gasteiger charge is 2.57. The van der Waals surface area contributed by atoms with E-state index < -0.39 is 24.2 Å². The molecule has 60 heavy (non-hydrogen) atoms. The molecule has 3 saturated carbocycles. The predicted octanol–water partition coefficient (Wildman–Crippen LogP) is 5.67. The van der Waals surface area contributed by atoms with Crippen LogP contribution in [0.25, 0.3) is 21.6 Å². The Morgan fingerprint density at radius 1 is 1.10 bits per heavy atom. The van der Waals surface area contributed by atoms with Crippen molar-refractivity contribution in [2.75, 3.05) is 59.4 Å². The minimum absolute atomic E-state index is 0.000969. The van der Waals surface area contributed by atoms with Gasteiger partial charge >= 0.3 is 0 Å². The number of aliphatic hydroxyl groups is 2. The second kappa shape index (κ2) is 19.4. The number of hydroxylamine groups is 2. The van der Waals surface area contributed by atoms with Crippen LogP contribution < -0.4 is 20.3 Å². The fraction of sp³-hybridized carbons (Fsp3) is 0.565. The number of fused-ring (bicyclic) bond motifs is 2. The zero-order chi connectivity index (χ0) is 43.3. The van der Waals surface area contributed by atoms with Crippen LogP contribution in [0.1, 0.15) is 62.0 Å². The summed E-state index contributed by atoms with van der Waals surface area (Å²) in [6.45, 7) is 9.51. The lowest BCUT2D eigenvalue weighted by atomic mass is 9.45. The Labute approximate surface area is 354 Å². The first-order valence-electron chi connectivity index (χ1n) is 21.2. The number of rotatable bonds is 18. The van der Waals surface area contributed by atoms with E-state index in [1.807, 2.05) is 80.6 Å². The molecule has 1 heterocycles. The smallest absolute Gasteiger partial charge is 0.251 e. The standard InChI is InChI=1S/C46H64N8O6/c1-28-38-23-34(46(38,3)4)24-39(28)50-45(58)42-41(29(2)56)40(25-48-51-47)60-54(42)26-31-15-12-16-37(43(31)59-8)32-20-33(22-36(21-32)53(7)17-18-55)44(57)49-35(27-52(5)6)19-30-13-10-9-11-14-30/h9-16,20-22,28-29,34-35,38-42,55-56H,17-19,23-27H2,1-8H3,(H,49,57)(H,50,58)/t28-,29-,34-,35-,38+,39-,40-,41+,42-/m0/s1. The monoisotopic (exact) mass is 824 g/mol. The molecule has 9 atom stereocenters. The summed E-state index contributed by atoms with van der Waals surface area (Å²) in [5.41, 5.74) is 13.9. The molecular weight excluding hydrogens is 761 g/mol. The van der Waals surface area contributed by atoms with Gasteiger partial charge in [-0.1, -0.05) is 74.4 Å². The van der Waals surface area contributed by atoms with Crippen LogP contribution in [-0.4, -0.2) is 117 Å². The number of hydrogen-bond acceptors (Lipinski definition) is 10. The van der Waals surface area contributed by atoms with Gasteiger partial charge in [0.05, 0.1) is 39.0 Å². The summed E-state index contributed by atoms with van der Waals surface area (Å²) in [6.07, 6.45) is 1.06. The number of methoxy groups -OCH3 is 1. The Morgan fingerprint density at radius 3 is 2.48 bits per heavy atom. The summed E-state index contributed by atoms with van der Waals surface area (Å²) < 4.78 is 6.14. The number of hydrogen-bond donors (Lipinski definition) is 4. The van der Waals surface area contributed by atoms with E-state index in [1.54, 1.807) is 19.1 Å². The average Bonchev–Trinajstić information content (AvgIpc) is 3.58. The van der Waals surface area contributed by atoms with E-state index in [0.717, 1.165) is 23.2 Å². The molecule has 0 spiro atoms. The molecule has 2 bridgehead atoms. The molecule has 0 radical (unpaired) electrons. The number of likely N-dealkylation sites (N-methyl/N-ethyl adjacent to an activating group) is 2. The van der Waals surface area contributed by atoms with E-state index in [2.05, 4.69) is 58.5 Å². The second-order valence-electron chi connectivity index (χ2n) is 18.0. The fourth-order valence-electron chi connectivity index (χ4n) is 10.1. The molecule has 14 nitrogen and oxygen atoms in total. The third-order valence-electron chi connectivity index (χ3n) is 13.4. The van der Waals surface area contributed by atoms with Gasteiger partial charge in [-0.3, -0.25) is 14.4 Å². The summed E-state index contributed by atoms with van der Waals surface area (Å²) in [5, 5.41) is 33.0. The van der Waals surface area contributed by atoms with E-state index in [9.17, 15) is 25.3 Å². The van der Waals surface area contributed by atoms with Gasteiger partial charge in [0.1, 0.15) is 11.8 Å². The summed E-state index contributed by atoms with van der Waals surface area (Å²) in [6, 6.07) is 20.4. The quantitative estimate of drug-likeness (QED) is 0.0716. The maximum atomic E-state index is 14.5. The van der Waals surface area contributed by atoms with Crippen LogP contribution in [-0.2, 0) is 22.6 Å². The van der Waals surface area contributed by atoms with Crippen molar-refractivity contribution in [2.45, 2.75) is 83.8 Å². The molecule has 324 valence electrons. The molecule has 4 aliphatic rings. The van der Waals surface area contributed by atoms with E-state index in [4.69, 9.17) is 9.57 Å². The van der Waals surface area contributed by atoms with Crippen LogP contribution in [0.2, 0.25) is 0 Å². The Bertz CT molecular complexity index is 2010. The van der Waals surface area contributed by atoms with Gasteiger partial charge in [-0.15, -0.1) is 0 Å². The highest BCUT2D eigenvalue weighted by Crippen LogP contribution is 2.61. The zero-order valence-electron chi connectivity index (χ0n) is 36.4. The van der Waals surface area contributed by atoms with Crippen LogP contribution in [0.5, 0.6) is 5.75 Å². The van der Waals surface area contributed by atoms with Gasteiger partial charge in [-0.05, 0) is 98.3 Å². The molecule has 7 rings (SSSR count). The Kier molecular flexibility index (Phi) is 14.5. The van der Waals surface area contributed by atoms with Crippen molar-refractivity contribution < 1.29 is 29.4 Å². The minimum atomic E-state index is -0.942. The molecule has 0 aromatic heterocycles. The van der Waals surface area contributed by atoms with Crippen molar-refractivity contribution in [3.05, 3.63) is 93.9 Å². The Morgan fingerprint density at radius 2 is 1.85 bits per heavy atom. The van der Waals surface area contributed by atoms with Gasteiger partial charge in [0.25, 0.3) is 5.91 Å². The topological polar surface area (TPSA) is 176 Å². The number of aliphatic hydroxyl groups excluding tert-OH is 2. The van der Waals surface area contributed by atoms with E-state index in [-0.39, 0.29) is 49.0 Å². The van der Waals surface area contributed by atoms with Crippen molar-refractivity contribution in [3.63, 3.8) is 0 Å². The zero-order valence-corrected chi connectivity index (χ0v) is 36.4. The van der Waals surface area contributed by atoms with E-state index in [0.29, 0.717) is 59.7 Å². The number of azide groups is 1. The first-order chi connectivity index (χ1) is 28.7. The number of ether oxygens (including phenoxy) is 1. The largest absolute Gasteiger partial charge is 0.496 e. The lowest BCUT2D eigenvalue weighted by Gasteiger charge is -2.62. The number of benzene rings is 3. The lowest BCUT2D eigenvalue weighted by Crippen LogP contribution is -2.62. The molecule has 2 amide bonds. The first kappa shape index (κ1) is 44.9. The number of carbonyl (C=O) groups is 2. The average molecular weight is 825 g/mol. The van der Waals surface area contributed by atoms with Crippen LogP contribution >= 0.6 is 0 Å². The number of para-hydroxylation sites is 1. The fourth-order valence-corrected chi connectivity index (χ4v) is 10.1. The number of amides is 2. The van der Waals surface area contributed by atoms with Crippen molar-refractivity contribution >= 4 is 17.5 Å². The van der Waals surface area contributed by atoms with Crippen molar-refractivity contribution in [1.82, 2.24) is 20.6 Å². The number of nitrogens with one attached hydrogen (secondary N) is 2. The third kappa shape index (κ3) is 9.75. The van der Waals surface area contributed by atoms with E-state index >= 15 is 0 Å². The molecule has 4 N–H and O–H groups in total. The summed E-state index contributed by atoms with van der Waals surface area (Å²) in [4.78, 5) is 42.0. The summed E-state index contributed by atoms with van der Waals surface area (Å²) in [5.74, 6) is 0.761. The maximum Gasteiger partial charge on any atom is 0.251 e. The van der Waals surface area contributed by atoms with Crippen LogP contribution in [0.15, 0.2) is 71.8 Å². The second-order valence-corrected chi connectivity index (χ2v) is 18.0. The van der Waals surface area contributed by atoms with Crippen LogP contribution in [0, 0.1) is 29.1 Å². The van der Waals surface area contributed by atoms with Gasteiger partial charge in [0, 0.05) is 65.4 Å². The Balaban J connectivity index is 1.32. The van der Waals surface area contributed by atoms with Gasteiger partial charge in [-0.25, -0.2) is 0 Å². The molecule has 1 aliphatic heterocycles. The minimum Gasteiger partial charge on any atom is -0.496 e. The molecule has 3 aromatic carbocycles. The van der Waals surface area contributed by atoms with Crippen molar-refractivity contribution in [3.8, 4) is 16.9 Å². The maximum absolute atomic E-state index is 14.5. The van der Waals surface area contributed by atoms with Gasteiger partial charge in [0.15, 0.2) is 0 Å². The number of nitrogens with zero attached hydrogens (tertiary/aromatic N) is 6. The van der Waals surface area contributed by atoms with Crippen molar-refractivity contribution in [2.24, 2.45) is 34.2 Å². The number of carbonyl (C=O) groups excluding carboxylic acids is 2. The molecule has 4 fully saturated rings. The normalized spacial score (nSPS) is 25.4. The predicted molar refractivity (Wildman–Crippen MR) is 233 cm³/mol. The lowest BCUT2D eigenvalue weighted by molar-refractivity contribution is -0.175. The molecule has 3 aromatic rings. The van der Waals surface area contributed by atoms with E-state index in [1.165, 1.54) is 6.42 Å². The summed E-state index contributed by atoms with van der Waals surface area (Å²) in [7, 11) is 7.42. The third-order valence-corrected chi connectivity index (χ3v) is 13.4. The van der Waals surface area contributed by atoms with Crippen LogP contribution in [0.3, 0.4) is 0 Å². The molecule has 1 saturated heterocycles. The highest BCUT2D eigenvalue weighted by atomic mass is 16.7. The first-order valence-corrected chi connectivity index (χ1v) is 21.2.